The zero-order chi connectivity index (χ0) is 19.2. The summed E-state index contributed by atoms with van der Waals surface area (Å²) in [5.41, 5.74) is 6.10. The van der Waals surface area contributed by atoms with Crippen molar-refractivity contribution < 1.29 is 14.3 Å². The van der Waals surface area contributed by atoms with Gasteiger partial charge in [0, 0.05) is 44.4 Å². The first-order valence-corrected chi connectivity index (χ1v) is 9.82. The van der Waals surface area contributed by atoms with Gasteiger partial charge in [-0.3, -0.25) is 9.69 Å². The summed E-state index contributed by atoms with van der Waals surface area (Å²) >= 11 is 5.92. The summed E-state index contributed by atoms with van der Waals surface area (Å²) in [6, 6.07) is 5.97. The number of hydrogen-bond donors (Lipinski definition) is 2. The number of halogens is 1. The smallest absolute Gasteiger partial charge is 0.312 e. The molecule has 148 valence electrons. The fraction of sp³-hybridized carbons (Fsp3) is 0.579. The van der Waals surface area contributed by atoms with Crippen LogP contribution in [0.3, 0.4) is 0 Å². The third-order valence-corrected chi connectivity index (χ3v) is 5.43. The third-order valence-electron chi connectivity index (χ3n) is 5.18. The molecule has 0 bridgehead atoms. The predicted octanol–water partition coefficient (Wildman–Crippen LogP) is 1.76. The molecule has 2 aliphatic rings. The van der Waals surface area contributed by atoms with Crippen molar-refractivity contribution >= 4 is 23.5 Å². The number of benzene rings is 1. The van der Waals surface area contributed by atoms with E-state index in [-0.39, 0.29) is 12.3 Å². The van der Waals surface area contributed by atoms with Crippen molar-refractivity contribution in [1.82, 2.24) is 15.1 Å². The van der Waals surface area contributed by atoms with E-state index >= 15 is 0 Å². The van der Waals surface area contributed by atoms with E-state index in [1.165, 1.54) is 0 Å². The lowest BCUT2D eigenvalue weighted by molar-refractivity contribution is -0.133. The van der Waals surface area contributed by atoms with Gasteiger partial charge in [0.2, 0.25) is 5.91 Å². The van der Waals surface area contributed by atoms with E-state index in [0.717, 1.165) is 44.6 Å². The molecule has 27 heavy (non-hydrogen) atoms. The summed E-state index contributed by atoms with van der Waals surface area (Å²) in [5, 5.41) is 3.27. The number of ether oxygens (including phenoxy) is 1. The first-order chi connectivity index (χ1) is 13.0. The normalized spacial score (nSPS) is 21.8. The van der Waals surface area contributed by atoms with Crippen LogP contribution in [0.5, 0.6) is 0 Å². The Kier molecular flexibility index (Phi) is 6.93. The predicted molar refractivity (Wildman–Crippen MR) is 104 cm³/mol. The van der Waals surface area contributed by atoms with Gasteiger partial charge in [0.1, 0.15) is 0 Å². The lowest BCUT2D eigenvalue weighted by atomic mass is 10.0. The number of carbonyl (C=O) groups excluding carboxylic acids is 2. The number of amides is 3. The average Bonchev–Trinajstić information content (AvgIpc) is 3.15. The molecular weight excluding hydrogens is 368 g/mol. The van der Waals surface area contributed by atoms with E-state index in [1.54, 1.807) is 24.3 Å². The molecule has 0 aromatic heterocycles. The molecular formula is C19H27ClN4O3. The molecule has 3 N–H and O–H groups in total. The molecule has 0 saturated carbocycles. The largest absolute Gasteiger partial charge is 0.377 e. The molecule has 3 amide bonds. The maximum Gasteiger partial charge on any atom is 0.312 e. The van der Waals surface area contributed by atoms with Crippen LogP contribution in [0.2, 0.25) is 5.02 Å². The molecule has 2 heterocycles. The maximum atomic E-state index is 12.7. The lowest BCUT2D eigenvalue weighted by Gasteiger charge is -2.36. The highest BCUT2D eigenvalue weighted by molar-refractivity contribution is 6.30. The Labute approximate surface area is 164 Å². The van der Waals surface area contributed by atoms with Gasteiger partial charge < -0.3 is 20.7 Å². The van der Waals surface area contributed by atoms with Gasteiger partial charge in [0.25, 0.3) is 0 Å². The van der Waals surface area contributed by atoms with Crippen molar-refractivity contribution in [2.75, 3.05) is 39.3 Å². The molecule has 1 aromatic carbocycles. The highest BCUT2D eigenvalue weighted by Crippen LogP contribution is 2.21. The van der Waals surface area contributed by atoms with Gasteiger partial charge in [0.15, 0.2) is 0 Å². The minimum atomic E-state index is -0.649. The fourth-order valence-electron chi connectivity index (χ4n) is 3.68. The Balaban J connectivity index is 1.52. The van der Waals surface area contributed by atoms with Crippen LogP contribution in [0.4, 0.5) is 4.79 Å². The lowest BCUT2D eigenvalue weighted by Crippen LogP contribution is -2.51. The molecule has 8 heteroatoms. The first kappa shape index (κ1) is 19.9. The number of nitrogens with one attached hydrogen (secondary N) is 1. The Bertz CT molecular complexity index is 641. The van der Waals surface area contributed by atoms with Gasteiger partial charge in [-0.25, -0.2) is 4.79 Å². The number of piperazine rings is 1. The molecule has 0 unspecified atom stereocenters. The fourth-order valence-corrected chi connectivity index (χ4v) is 3.80. The van der Waals surface area contributed by atoms with Crippen LogP contribution in [0.25, 0.3) is 0 Å². The second-order valence-electron chi connectivity index (χ2n) is 7.13. The Morgan fingerprint density at radius 1 is 1.22 bits per heavy atom. The van der Waals surface area contributed by atoms with Crippen LogP contribution in [0, 0.1) is 0 Å². The average molecular weight is 395 g/mol. The van der Waals surface area contributed by atoms with E-state index in [0.29, 0.717) is 24.2 Å². The van der Waals surface area contributed by atoms with Crippen LogP contribution < -0.4 is 11.1 Å². The van der Waals surface area contributed by atoms with E-state index in [4.69, 9.17) is 22.1 Å². The highest BCUT2D eigenvalue weighted by atomic mass is 35.5. The monoisotopic (exact) mass is 394 g/mol. The second-order valence-corrected chi connectivity index (χ2v) is 7.57. The van der Waals surface area contributed by atoms with E-state index < -0.39 is 12.1 Å². The maximum absolute atomic E-state index is 12.7. The van der Waals surface area contributed by atoms with Crippen molar-refractivity contribution in [2.24, 2.45) is 5.73 Å². The van der Waals surface area contributed by atoms with Crippen LogP contribution in [0.1, 0.15) is 30.9 Å². The zero-order valence-corrected chi connectivity index (χ0v) is 16.2. The van der Waals surface area contributed by atoms with Crippen LogP contribution in [-0.4, -0.2) is 67.2 Å². The summed E-state index contributed by atoms with van der Waals surface area (Å²) in [6.07, 6.45) is 2.78. The number of rotatable bonds is 6. The number of carbonyl (C=O) groups is 2. The van der Waals surface area contributed by atoms with E-state index in [1.807, 2.05) is 4.90 Å². The zero-order valence-electron chi connectivity index (χ0n) is 15.4. The molecule has 0 aliphatic carbocycles. The third kappa shape index (κ3) is 5.82. The summed E-state index contributed by atoms with van der Waals surface area (Å²) in [7, 11) is 0. The van der Waals surface area contributed by atoms with Crippen molar-refractivity contribution in [1.29, 1.82) is 0 Å². The number of hydrogen-bond acceptors (Lipinski definition) is 4. The number of primary amides is 1. The molecule has 0 spiro atoms. The number of urea groups is 1. The van der Waals surface area contributed by atoms with Gasteiger partial charge in [-0.05, 0) is 30.5 Å². The van der Waals surface area contributed by atoms with Gasteiger partial charge in [-0.15, -0.1) is 0 Å². The molecule has 1 aromatic rings. The van der Waals surface area contributed by atoms with Crippen LogP contribution in [-0.2, 0) is 9.53 Å². The van der Waals surface area contributed by atoms with Crippen molar-refractivity contribution in [2.45, 2.75) is 31.4 Å². The van der Waals surface area contributed by atoms with Gasteiger partial charge in [0.05, 0.1) is 18.6 Å². The molecule has 2 fully saturated rings. The summed E-state index contributed by atoms with van der Waals surface area (Å²) in [4.78, 5) is 28.3. The first-order valence-electron chi connectivity index (χ1n) is 9.44. The minimum Gasteiger partial charge on any atom is -0.377 e. The van der Waals surface area contributed by atoms with Gasteiger partial charge in [-0.1, -0.05) is 23.7 Å². The van der Waals surface area contributed by atoms with E-state index in [2.05, 4.69) is 10.2 Å². The SMILES string of the molecule is NC(=O)N[C@@H](CC(=O)N1CCN(C[C@H]2CCCO2)CC1)c1ccc(Cl)cc1. The van der Waals surface area contributed by atoms with Crippen molar-refractivity contribution in [3.05, 3.63) is 34.9 Å². The Morgan fingerprint density at radius 2 is 1.93 bits per heavy atom. The molecule has 0 radical (unpaired) electrons. The molecule has 2 saturated heterocycles. The van der Waals surface area contributed by atoms with Gasteiger partial charge >= 0.3 is 6.03 Å². The molecule has 2 atom stereocenters. The second kappa shape index (κ2) is 9.39. The Morgan fingerprint density at radius 3 is 2.52 bits per heavy atom. The molecule has 2 aliphatic heterocycles. The van der Waals surface area contributed by atoms with E-state index in [9.17, 15) is 9.59 Å². The summed E-state index contributed by atoms with van der Waals surface area (Å²) in [6.45, 7) is 4.88. The van der Waals surface area contributed by atoms with Crippen molar-refractivity contribution in [3.8, 4) is 0 Å². The highest BCUT2D eigenvalue weighted by Gasteiger charge is 2.27. The quantitative estimate of drug-likeness (QED) is 0.769. The minimum absolute atomic E-state index is 0.0143. The van der Waals surface area contributed by atoms with Crippen molar-refractivity contribution in [3.63, 3.8) is 0 Å². The standard InChI is InChI=1S/C19H27ClN4O3/c20-15-5-3-14(4-6-15)17(22-19(21)26)12-18(25)24-9-7-23(8-10-24)13-16-2-1-11-27-16/h3-6,16-17H,1-2,7-13H2,(H3,21,22,26)/t16-,17+/m1/s1. The topological polar surface area (TPSA) is 87.9 Å². The van der Waals surface area contributed by atoms with Crippen LogP contribution in [0.15, 0.2) is 24.3 Å². The number of nitrogens with zero attached hydrogens (tertiary/aromatic N) is 2. The Hall–Kier alpha value is -1.83. The molecule has 7 nitrogen and oxygen atoms in total. The van der Waals surface area contributed by atoms with Gasteiger partial charge in [-0.2, -0.15) is 0 Å². The summed E-state index contributed by atoms with van der Waals surface area (Å²) < 4.78 is 5.69. The summed E-state index contributed by atoms with van der Waals surface area (Å²) in [5.74, 6) is 0.0143. The van der Waals surface area contributed by atoms with Crippen LogP contribution >= 0.6 is 11.6 Å². The number of nitrogens with two attached hydrogens (primary N) is 1. The molecule has 3 rings (SSSR count).